The first-order valence-corrected chi connectivity index (χ1v) is 3.49. The van der Waals surface area contributed by atoms with Crippen LogP contribution in [0.4, 0.5) is 10.1 Å². The van der Waals surface area contributed by atoms with E-state index in [9.17, 15) is 9.18 Å². The number of hydrogen-bond acceptors (Lipinski definition) is 3. The molecule has 5 heteroatoms. The lowest BCUT2D eigenvalue weighted by Gasteiger charge is -2.07. The second-order valence-corrected chi connectivity index (χ2v) is 2.41. The molecule has 0 aromatic heterocycles. The minimum atomic E-state index is -0.712. The number of benzene rings is 1. The number of nitrogen functional groups attached to an aromatic ring is 1. The van der Waals surface area contributed by atoms with Crippen molar-refractivity contribution in [3.05, 3.63) is 23.5 Å². The van der Waals surface area contributed by atoms with Gasteiger partial charge in [-0.05, 0) is 12.1 Å². The smallest absolute Gasteiger partial charge is 0.250 e. The molecule has 0 fully saturated rings. The quantitative estimate of drug-likeness (QED) is 0.657. The first kappa shape index (κ1) is 9.31. The second kappa shape index (κ2) is 3.30. The Hall–Kier alpha value is -1.78. The van der Waals surface area contributed by atoms with Gasteiger partial charge in [0.15, 0.2) is 11.6 Å². The van der Waals surface area contributed by atoms with E-state index in [2.05, 4.69) is 4.74 Å². The van der Waals surface area contributed by atoms with Crippen molar-refractivity contribution in [2.45, 2.75) is 0 Å². The molecule has 0 spiro atoms. The van der Waals surface area contributed by atoms with Gasteiger partial charge in [0.05, 0.1) is 18.4 Å². The zero-order chi connectivity index (χ0) is 10.0. The van der Waals surface area contributed by atoms with Crippen molar-refractivity contribution in [3.63, 3.8) is 0 Å². The first-order chi connectivity index (χ1) is 6.07. The van der Waals surface area contributed by atoms with E-state index < -0.39 is 11.7 Å². The third kappa shape index (κ3) is 1.53. The van der Waals surface area contributed by atoms with Gasteiger partial charge in [0.25, 0.3) is 5.91 Å². The number of rotatable bonds is 2. The highest BCUT2D eigenvalue weighted by Gasteiger charge is 2.14. The van der Waals surface area contributed by atoms with Crippen LogP contribution in [0.1, 0.15) is 10.4 Å². The van der Waals surface area contributed by atoms with Crippen LogP contribution in [0.3, 0.4) is 0 Å². The lowest BCUT2D eigenvalue weighted by Crippen LogP contribution is -2.14. The van der Waals surface area contributed by atoms with Crippen LogP contribution in [0.5, 0.6) is 5.75 Å². The Morgan fingerprint density at radius 2 is 2.15 bits per heavy atom. The normalized spacial score (nSPS) is 9.69. The van der Waals surface area contributed by atoms with Crippen molar-refractivity contribution in [2.24, 2.45) is 5.73 Å². The van der Waals surface area contributed by atoms with Gasteiger partial charge in [-0.15, -0.1) is 0 Å². The lowest BCUT2D eigenvalue weighted by atomic mass is 10.1. The summed E-state index contributed by atoms with van der Waals surface area (Å²) in [6.07, 6.45) is 0. The molecule has 0 aliphatic carbocycles. The van der Waals surface area contributed by atoms with Crippen LogP contribution in [0.2, 0.25) is 0 Å². The van der Waals surface area contributed by atoms with E-state index >= 15 is 0 Å². The third-order valence-corrected chi connectivity index (χ3v) is 1.62. The minimum absolute atomic E-state index is 0.0539. The summed E-state index contributed by atoms with van der Waals surface area (Å²) in [7, 11) is 1.26. The maximum absolute atomic E-state index is 12.9. The highest BCUT2D eigenvalue weighted by molar-refractivity contribution is 5.99. The number of carbonyl (C=O) groups excluding carboxylic acids is 1. The molecular weight excluding hydrogens is 175 g/mol. The Bertz CT molecular complexity index is 352. The van der Waals surface area contributed by atoms with Gasteiger partial charge in [-0.3, -0.25) is 4.79 Å². The SMILES string of the molecule is COc1c(F)ccc(C(N)=O)c1N. The maximum atomic E-state index is 12.9. The Balaban J connectivity index is 3.35. The maximum Gasteiger partial charge on any atom is 0.250 e. The predicted octanol–water partition coefficient (Wildman–Crippen LogP) is 0.515. The van der Waals surface area contributed by atoms with Crippen molar-refractivity contribution < 1.29 is 13.9 Å². The number of anilines is 1. The van der Waals surface area contributed by atoms with E-state index in [0.717, 1.165) is 6.07 Å². The summed E-state index contributed by atoms with van der Waals surface area (Å²) in [6.45, 7) is 0. The monoisotopic (exact) mass is 184 g/mol. The van der Waals surface area contributed by atoms with E-state index in [1.165, 1.54) is 13.2 Å². The number of amides is 1. The Labute approximate surface area is 74.3 Å². The average Bonchev–Trinajstić information content (AvgIpc) is 2.04. The zero-order valence-electron chi connectivity index (χ0n) is 7.00. The fourth-order valence-electron chi connectivity index (χ4n) is 0.995. The summed E-state index contributed by atoms with van der Waals surface area (Å²) in [6, 6.07) is 2.30. The zero-order valence-corrected chi connectivity index (χ0v) is 7.00. The van der Waals surface area contributed by atoms with Crippen molar-refractivity contribution in [3.8, 4) is 5.75 Å². The summed E-state index contributed by atoms with van der Waals surface area (Å²) in [5.74, 6) is -1.49. The molecule has 13 heavy (non-hydrogen) atoms. The van der Waals surface area contributed by atoms with E-state index in [1.54, 1.807) is 0 Å². The topological polar surface area (TPSA) is 78.3 Å². The highest BCUT2D eigenvalue weighted by atomic mass is 19.1. The molecule has 4 nitrogen and oxygen atoms in total. The minimum Gasteiger partial charge on any atom is -0.492 e. The lowest BCUT2D eigenvalue weighted by molar-refractivity contribution is 0.100. The van der Waals surface area contributed by atoms with Crippen LogP contribution in [-0.2, 0) is 0 Å². The van der Waals surface area contributed by atoms with E-state index in [1.807, 2.05) is 0 Å². The molecule has 1 amide bonds. The van der Waals surface area contributed by atoms with Gasteiger partial charge in [-0.1, -0.05) is 0 Å². The average molecular weight is 184 g/mol. The molecule has 0 saturated carbocycles. The van der Waals surface area contributed by atoms with Crippen LogP contribution < -0.4 is 16.2 Å². The molecule has 1 aromatic carbocycles. The summed E-state index contributed by atoms with van der Waals surface area (Å²) in [4.78, 5) is 10.8. The fraction of sp³-hybridized carbons (Fsp3) is 0.125. The van der Waals surface area contributed by atoms with Gasteiger partial charge in [0.1, 0.15) is 0 Å². The standard InChI is InChI=1S/C8H9FN2O2/c1-13-7-5(9)3-2-4(6(7)10)8(11)12/h2-3H,10H2,1H3,(H2,11,12). The molecule has 0 aliphatic rings. The molecule has 0 heterocycles. The summed E-state index contributed by atoms with van der Waals surface area (Å²) < 4.78 is 17.6. The van der Waals surface area contributed by atoms with Crippen molar-refractivity contribution in [2.75, 3.05) is 12.8 Å². The Morgan fingerprint density at radius 1 is 1.54 bits per heavy atom. The largest absolute Gasteiger partial charge is 0.492 e. The van der Waals surface area contributed by atoms with Gasteiger partial charge in [-0.25, -0.2) is 4.39 Å². The second-order valence-electron chi connectivity index (χ2n) is 2.41. The van der Waals surface area contributed by atoms with Crippen LogP contribution >= 0.6 is 0 Å². The highest BCUT2D eigenvalue weighted by Crippen LogP contribution is 2.27. The number of nitrogens with two attached hydrogens (primary N) is 2. The van der Waals surface area contributed by atoms with E-state index in [0.29, 0.717) is 0 Å². The van der Waals surface area contributed by atoms with Crippen LogP contribution in [0.15, 0.2) is 12.1 Å². The van der Waals surface area contributed by atoms with Gasteiger partial charge in [0.2, 0.25) is 0 Å². The molecule has 1 aromatic rings. The van der Waals surface area contributed by atoms with Gasteiger partial charge < -0.3 is 16.2 Å². The molecule has 1 rings (SSSR count). The van der Waals surface area contributed by atoms with Crippen LogP contribution in [-0.4, -0.2) is 13.0 Å². The summed E-state index contributed by atoms with van der Waals surface area (Å²) in [5, 5.41) is 0. The number of carbonyl (C=O) groups is 1. The van der Waals surface area contributed by atoms with Gasteiger partial charge in [0, 0.05) is 0 Å². The molecule has 70 valence electrons. The fourth-order valence-corrected chi connectivity index (χ4v) is 0.995. The number of ether oxygens (including phenoxy) is 1. The summed E-state index contributed by atoms with van der Waals surface area (Å²) in [5.41, 5.74) is 10.4. The molecule has 0 bridgehead atoms. The Morgan fingerprint density at radius 3 is 2.62 bits per heavy atom. The number of halogens is 1. The predicted molar refractivity (Wildman–Crippen MR) is 45.9 cm³/mol. The molecular formula is C8H9FN2O2. The number of hydrogen-bond donors (Lipinski definition) is 2. The van der Waals surface area contributed by atoms with E-state index in [4.69, 9.17) is 11.5 Å². The number of primary amides is 1. The third-order valence-electron chi connectivity index (χ3n) is 1.62. The summed E-state index contributed by atoms with van der Waals surface area (Å²) >= 11 is 0. The first-order valence-electron chi connectivity index (χ1n) is 3.49. The van der Waals surface area contributed by atoms with E-state index in [-0.39, 0.29) is 17.0 Å². The van der Waals surface area contributed by atoms with Crippen molar-refractivity contribution in [1.29, 1.82) is 0 Å². The van der Waals surface area contributed by atoms with Crippen molar-refractivity contribution in [1.82, 2.24) is 0 Å². The molecule has 0 unspecified atom stereocenters. The van der Waals surface area contributed by atoms with Crippen LogP contribution in [0, 0.1) is 5.82 Å². The van der Waals surface area contributed by atoms with Gasteiger partial charge in [-0.2, -0.15) is 0 Å². The van der Waals surface area contributed by atoms with Crippen LogP contribution in [0.25, 0.3) is 0 Å². The molecule has 0 radical (unpaired) electrons. The van der Waals surface area contributed by atoms with Gasteiger partial charge >= 0.3 is 0 Å². The molecule has 0 atom stereocenters. The molecule has 4 N–H and O–H groups in total. The molecule has 0 aliphatic heterocycles. The Kier molecular flexibility index (Phi) is 2.36. The number of methoxy groups -OCH3 is 1. The molecule has 0 saturated heterocycles. The van der Waals surface area contributed by atoms with Crippen molar-refractivity contribution >= 4 is 11.6 Å².